The van der Waals surface area contributed by atoms with Crippen molar-refractivity contribution < 1.29 is 18.7 Å². The van der Waals surface area contributed by atoms with E-state index in [2.05, 4.69) is 4.90 Å². The number of hydrogen-bond donors (Lipinski definition) is 0. The fourth-order valence-electron chi connectivity index (χ4n) is 4.01. The average Bonchev–Trinajstić information content (AvgIpc) is 3.37. The third-order valence-electron chi connectivity index (χ3n) is 5.48. The molecule has 1 aromatic heterocycles. The lowest BCUT2D eigenvalue weighted by Crippen LogP contribution is -2.50. The molecule has 4 rings (SSSR count). The Hall–Kier alpha value is -2.05. The Balaban J connectivity index is 1.69. The molecule has 0 radical (unpaired) electrons. The monoisotopic (exact) mass is 387 g/mol. The summed E-state index contributed by atoms with van der Waals surface area (Å²) >= 11 is 1.48. The lowest BCUT2D eigenvalue weighted by molar-refractivity contribution is -0.131. The molecule has 1 aliphatic carbocycles. The maximum Gasteiger partial charge on any atom is 0.308 e. The van der Waals surface area contributed by atoms with Gasteiger partial charge in [-0.3, -0.25) is 9.69 Å². The summed E-state index contributed by atoms with van der Waals surface area (Å²) in [4.78, 5) is 26.9. The second-order valence-corrected chi connectivity index (χ2v) is 8.55. The minimum absolute atomic E-state index is 0.332. The predicted molar refractivity (Wildman–Crippen MR) is 101 cm³/mol. The maximum absolute atomic E-state index is 14.7. The molecule has 1 unspecified atom stereocenters. The smallest absolute Gasteiger partial charge is 0.308 e. The number of carbonyl (C=O) groups excluding carboxylic acids is 2. The third-order valence-corrected chi connectivity index (χ3v) is 6.60. The van der Waals surface area contributed by atoms with Crippen LogP contribution in [0.25, 0.3) is 0 Å². The van der Waals surface area contributed by atoms with Crippen LogP contribution in [0.4, 0.5) is 4.39 Å². The zero-order chi connectivity index (χ0) is 19.0. The summed E-state index contributed by atoms with van der Waals surface area (Å²) in [5.41, 5.74) is 0.569. The van der Waals surface area contributed by atoms with Crippen LogP contribution in [-0.4, -0.2) is 23.7 Å². The average molecular weight is 387 g/mol. The van der Waals surface area contributed by atoms with E-state index in [9.17, 15) is 14.0 Å². The molecule has 1 atom stereocenters. The second-order valence-electron chi connectivity index (χ2n) is 7.45. The van der Waals surface area contributed by atoms with Crippen molar-refractivity contribution >= 4 is 23.6 Å². The van der Waals surface area contributed by atoms with Crippen LogP contribution in [0.15, 0.2) is 30.3 Å². The highest BCUT2D eigenvalue weighted by molar-refractivity contribution is 7.14. The molecule has 0 spiro atoms. The summed E-state index contributed by atoms with van der Waals surface area (Å²) in [5.74, 6) is -0.204. The first-order valence-electron chi connectivity index (χ1n) is 9.28. The van der Waals surface area contributed by atoms with Gasteiger partial charge in [0, 0.05) is 30.5 Å². The van der Waals surface area contributed by atoms with Crippen LogP contribution in [0, 0.1) is 11.7 Å². The highest BCUT2D eigenvalue weighted by atomic mass is 32.1. The SMILES string of the molecule is CC(=O)Oc1cc2c(s1)CCN(C(C=O)(CC1CC1)c1ccccc1F)C2. The van der Waals surface area contributed by atoms with Gasteiger partial charge in [0.15, 0.2) is 5.06 Å². The lowest BCUT2D eigenvalue weighted by atomic mass is 9.82. The van der Waals surface area contributed by atoms with Gasteiger partial charge in [-0.05, 0) is 36.5 Å². The van der Waals surface area contributed by atoms with Gasteiger partial charge in [0.25, 0.3) is 0 Å². The van der Waals surface area contributed by atoms with Gasteiger partial charge in [0.05, 0.1) is 0 Å². The normalized spacial score (nSPS) is 19.2. The second kappa shape index (κ2) is 7.17. The van der Waals surface area contributed by atoms with Gasteiger partial charge in [0.2, 0.25) is 0 Å². The van der Waals surface area contributed by atoms with Crippen molar-refractivity contribution in [1.29, 1.82) is 0 Å². The molecule has 4 nitrogen and oxygen atoms in total. The van der Waals surface area contributed by atoms with E-state index in [1.165, 1.54) is 29.2 Å². The lowest BCUT2D eigenvalue weighted by Gasteiger charge is -2.42. The van der Waals surface area contributed by atoms with Crippen molar-refractivity contribution in [3.63, 3.8) is 0 Å². The molecule has 1 saturated carbocycles. The van der Waals surface area contributed by atoms with Crippen molar-refractivity contribution in [3.05, 3.63) is 52.2 Å². The molecule has 1 aliphatic heterocycles. The first-order chi connectivity index (χ1) is 13.0. The zero-order valence-corrected chi connectivity index (χ0v) is 16.1. The number of aldehydes is 1. The summed E-state index contributed by atoms with van der Waals surface area (Å²) in [5, 5.41) is 0.583. The Morgan fingerprint density at radius 1 is 1.41 bits per heavy atom. The molecule has 0 amide bonds. The van der Waals surface area contributed by atoms with Crippen LogP contribution in [0.5, 0.6) is 5.06 Å². The van der Waals surface area contributed by atoms with Crippen molar-refractivity contribution in [2.45, 2.75) is 44.7 Å². The Morgan fingerprint density at radius 3 is 2.85 bits per heavy atom. The van der Waals surface area contributed by atoms with Gasteiger partial charge in [-0.1, -0.05) is 31.0 Å². The summed E-state index contributed by atoms with van der Waals surface area (Å²) in [7, 11) is 0. The predicted octanol–water partition coefficient (Wildman–Crippen LogP) is 4.07. The summed E-state index contributed by atoms with van der Waals surface area (Å²) in [6.45, 7) is 2.61. The van der Waals surface area contributed by atoms with Crippen LogP contribution >= 0.6 is 11.3 Å². The van der Waals surface area contributed by atoms with E-state index in [1.54, 1.807) is 18.2 Å². The Morgan fingerprint density at radius 2 is 2.19 bits per heavy atom. The number of fused-ring (bicyclic) bond motifs is 1. The van der Waals surface area contributed by atoms with E-state index in [4.69, 9.17) is 4.74 Å². The quantitative estimate of drug-likeness (QED) is 0.554. The number of thiophene rings is 1. The first kappa shape index (κ1) is 18.3. The van der Waals surface area contributed by atoms with Gasteiger partial charge in [-0.25, -0.2) is 4.39 Å². The molecule has 142 valence electrons. The van der Waals surface area contributed by atoms with E-state index in [-0.39, 0.29) is 11.8 Å². The molecule has 1 fully saturated rings. The summed E-state index contributed by atoms with van der Waals surface area (Å²) < 4.78 is 19.9. The molecule has 27 heavy (non-hydrogen) atoms. The van der Waals surface area contributed by atoms with Crippen molar-refractivity contribution in [2.24, 2.45) is 5.92 Å². The van der Waals surface area contributed by atoms with Gasteiger partial charge < -0.3 is 9.53 Å². The zero-order valence-electron chi connectivity index (χ0n) is 15.2. The van der Waals surface area contributed by atoms with Crippen LogP contribution in [0.2, 0.25) is 0 Å². The third kappa shape index (κ3) is 3.56. The molecule has 1 aromatic carbocycles. The van der Waals surface area contributed by atoms with Gasteiger partial charge >= 0.3 is 5.97 Å². The largest absolute Gasteiger partial charge is 0.416 e. The number of esters is 1. The Bertz CT molecular complexity index is 876. The summed E-state index contributed by atoms with van der Waals surface area (Å²) in [6, 6.07) is 8.49. The molecule has 0 N–H and O–H groups in total. The fraction of sp³-hybridized carbons (Fsp3) is 0.429. The molecule has 0 saturated heterocycles. The molecule has 2 aromatic rings. The first-order valence-corrected chi connectivity index (χ1v) is 10.1. The van der Waals surface area contributed by atoms with E-state index in [0.717, 1.165) is 31.1 Å². The van der Waals surface area contributed by atoms with E-state index < -0.39 is 5.54 Å². The van der Waals surface area contributed by atoms with Crippen molar-refractivity contribution in [1.82, 2.24) is 4.90 Å². The number of rotatable bonds is 6. The minimum Gasteiger partial charge on any atom is -0.416 e. The van der Waals surface area contributed by atoms with Crippen molar-refractivity contribution in [3.8, 4) is 5.06 Å². The maximum atomic E-state index is 14.7. The van der Waals surface area contributed by atoms with Crippen LogP contribution in [-0.2, 0) is 28.1 Å². The molecular weight excluding hydrogens is 365 g/mol. The van der Waals surface area contributed by atoms with Crippen LogP contribution in [0.1, 0.15) is 42.2 Å². The van der Waals surface area contributed by atoms with Crippen molar-refractivity contribution in [2.75, 3.05) is 6.54 Å². The van der Waals surface area contributed by atoms with Crippen LogP contribution in [0.3, 0.4) is 0 Å². The molecule has 6 heteroatoms. The minimum atomic E-state index is -0.951. The standard InChI is InChI=1S/C21H22FNO3S/c1-14(25)26-20-10-16-12-23(9-8-19(16)27-20)21(13-24,11-15-6-7-15)17-4-2-3-5-18(17)22/h2-5,10,13,15H,6-9,11-12H2,1H3. The molecule has 2 aliphatic rings. The number of halogens is 1. The van der Waals surface area contributed by atoms with Crippen LogP contribution < -0.4 is 4.74 Å². The number of nitrogens with zero attached hydrogens (tertiary/aromatic N) is 1. The highest BCUT2D eigenvalue weighted by Crippen LogP contribution is 2.46. The van der Waals surface area contributed by atoms with Gasteiger partial charge in [-0.2, -0.15) is 0 Å². The molecule has 2 heterocycles. The van der Waals surface area contributed by atoms with E-state index in [1.807, 2.05) is 6.07 Å². The van der Waals surface area contributed by atoms with E-state index >= 15 is 0 Å². The van der Waals surface area contributed by atoms with E-state index in [0.29, 0.717) is 36.1 Å². The number of ether oxygens (including phenoxy) is 1. The number of hydrogen-bond acceptors (Lipinski definition) is 5. The van der Waals surface area contributed by atoms with Gasteiger partial charge in [-0.15, -0.1) is 11.3 Å². The molecular formula is C21H22FNO3S. The highest BCUT2D eigenvalue weighted by Gasteiger charge is 2.45. The Kier molecular flexibility index (Phi) is 4.86. The fourth-order valence-corrected chi connectivity index (χ4v) is 5.06. The summed E-state index contributed by atoms with van der Waals surface area (Å²) in [6.07, 6.45) is 4.54. The topological polar surface area (TPSA) is 46.6 Å². The number of benzene rings is 1. The molecule has 0 bridgehead atoms. The Labute approximate surface area is 161 Å². The number of carbonyl (C=O) groups is 2. The van der Waals surface area contributed by atoms with Gasteiger partial charge in [0.1, 0.15) is 17.6 Å².